The molecular formula is C19H20BClO2. The highest BCUT2D eigenvalue weighted by molar-refractivity contribution is 6.62. The van der Waals surface area contributed by atoms with Gasteiger partial charge in [0.1, 0.15) is 0 Å². The summed E-state index contributed by atoms with van der Waals surface area (Å²) in [6.45, 7) is 8.33. The molecule has 4 rings (SSSR count). The Morgan fingerprint density at radius 1 is 0.870 bits per heavy atom. The van der Waals surface area contributed by atoms with Crippen molar-refractivity contribution in [2.75, 3.05) is 0 Å². The molecule has 2 aromatic rings. The first-order valence-electron chi connectivity index (χ1n) is 8.04. The zero-order valence-corrected chi connectivity index (χ0v) is 14.7. The van der Waals surface area contributed by atoms with Gasteiger partial charge in [-0.15, -0.1) is 0 Å². The van der Waals surface area contributed by atoms with E-state index < -0.39 is 0 Å². The minimum atomic E-state index is -0.312. The summed E-state index contributed by atoms with van der Waals surface area (Å²) in [5.74, 6) is 0. The minimum Gasteiger partial charge on any atom is -0.399 e. The molecule has 0 N–H and O–H groups in total. The molecule has 0 atom stereocenters. The fraction of sp³-hybridized carbons (Fsp3) is 0.368. The Balaban J connectivity index is 1.69. The molecule has 2 aliphatic rings. The van der Waals surface area contributed by atoms with Crippen molar-refractivity contribution in [3.63, 3.8) is 0 Å². The Bertz CT molecular complexity index is 782. The summed E-state index contributed by atoms with van der Waals surface area (Å²) in [7, 11) is -0.308. The number of hydrogen-bond donors (Lipinski definition) is 0. The highest BCUT2D eigenvalue weighted by Gasteiger charge is 2.51. The Labute approximate surface area is 142 Å². The van der Waals surface area contributed by atoms with Crippen molar-refractivity contribution in [2.24, 2.45) is 0 Å². The number of halogens is 1. The van der Waals surface area contributed by atoms with Crippen molar-refractivity contribution >= 4 is 24.2 Å². The fourth-order valence-corrected chi connectivity index (χ4v) is 3.48. The van der Waals surface area contributed by atoms with Crippen LogP contribution in [0.25, 0.3) is 11.1 Å². The van der Waals surface area contributed by atoms with Crippen LogP contribution in [0.1, 0.15) is 38.8 Å². The summed E-state index contributed by atoms with van der Waals surface area (Å²) in [5, 5.41) is 0.784. The lowest BCUT2D eigenvalue weighted by molar-refractivity contribution is 0.00578. The second-order valence-corrected chi connectivity index (χ2v) is 7.92. The van der Waals surface area contributed by atoms with Crippen molar-refractivity contribution in [2.45, 2.75) is 45.3 Å². The van der Waals surface area contributed by atoms with Crippen LogP contribution in [0.3, 0.4) is 0 Å². The van der Waals surface area contributed by atoms with Crippen LogP contribution in [0.4, 0.5) is 0 Å². The maximum absolute atomic E-state index is 6.16. The van der Waals surface area contributed by atoms with Gasteiger partial charge in [-0.05, 0) is 74.0 Å². The minimum absolute atomic E-state index is 0.308. The molecule has 0 aromatic heterocycles. The summed E-state index contributed by atoms with van der Waals surface area (Å²) < 4.78 is 12.3. The number of fused-ring (bicyclic) bond motifs is 3. The number of benzene rings is 2. The van der Waals surface area contributed by atoms with Crippen LogP contribution in [0.15, 0.2) is 36.4 Å². The van der Waals surface area contributed by atoms with Crippen molar-refractivity contribution in [1.29, 1.82) is 0 Å². The third-order valence-corrected chi connectivity index (χ3v) is 5.63. The molecule has 23 heavy (non-hydrogen) atoms. The predicted molar refractivity (Wildman–Crippen MR) is 95.4 cm³/mol. The van der Waals surface area contributed by atoms with Gasteiger partial charge in [0.2, 0.25) is 0 Å². The first-order chi connectivity index (χ1) is 10.8. The normalized spacial score (nSPS) is 20.5. The lowest BCUT2D eigenvalue weighted by Crippen LogP contribution is -2.41. The van der Waals surface area contributed by atoms with Crippen molar-refractivity contribution < 1.29 is 9.31 Å². The van der Waals surface area contributed by atoms with E-state index in [1.54, 1.807) is 0 Å². The van der Waals surface area contributed by atoms with E-state index in [1.807, 2.05) is 6.07 Å². The van der Waals surface area contributed by atoms with E-state index in [-0.39, 0.29) is 18.3 Å². The number of rotatable bonds is 1. The second-order valence-electron chi connectivity index (χ2n) is 7.48. The molecule has 0 radical (unpaired) electrons. The molecule has 4 heteroatoms. The standard InChI is InChI=1S/C19H20BClO2/c1-18(2)19(3,4)23-20(22-18)14-6-8-16-13(10-14)9-12-5-7-15(21)11-17(12)16/h5-8,10-11H,9H2,1-4H3. The zero-order valence-electron chi connectivity index (χ0n) is 13.9. The zero-order chi connectivity index (χ0) is 16.4. The van der Waals surface area contributed by atoms with E-state index >= 15 is 0 Å². The lowest BCUT2D eigenvalue weighted by Gasteiger charge is -2.32. The van der Waals surface area contributed by atoms with Crippen LogP contribution < -0.4 is 5.46 Å². The van der Waals surface area contributed by atoms with Gasteiger partial charge in [0.15, 0.2) is 0 Å². The Kier molecular flexibility index (Phi) is 3.22. The smallest absolute Gasteiger partial charge is 0.399 e. The van der Waals surface area contributed by atoms with E-state index in [0.717, 1.165) is 16.9 Å². The molecule has 0 amide bonds. The largest absolute Gasteiger partial charge is 0.494 e. The van der Waals surface area contributed by atoms with E-state index in [9.17, 15) is 0 Å². The van der Waals surface area contributed by atoms with Crippen LogP contribution in [0.5, 0.6) is 0 Å². The molecule has 1 aliphatic carbocycles. The lowest BCUT2D eigenvalue weighted by atomic mass is 9.78. The highest BCUT2D eigenvalue weighted by atomic mass is 35.5. The topological polar surface area (TPSA) is 18.5 Å². The van der Waals surface area contributed by atoms with Gasteiger partial charge in [-0.1, -0.05) is 35.9 Å². The van der Waals surface area contributed by atoms with Gasteiger partial charge in [0.25, 0.3) is 0 Å². The van der Waals surface area contributed by atoms with Gasteiger partial charge in [-0.2, -0.15) is 0 Å². The molecule has 1 fully saturated rings. The van der Waals surface area contributed by atoms with Gasteiger partial charge in [0, 0.05) is 5.02 Å². The van der Waals surface area contributed by atoms with Gasteiger partial charge >= 0.3 is 7.12 Å². The molecule has 2 nitrogen and oxygen atoms in total. The average molecular weight is 327 g/mol. The third-order valence-electron chi connectivity index (χ3n) is 5.40. The molecule has 1 saturated heterocycles. The van der Waals surface area contributed by atoms with Crippen molar-refractivity contribution in [3.8, 4) is 11.1 Å². The van der Waals surface area contributed by atoms with E-state index in [1.165, 1.54) is 22.3 Å². The summed E-state index contributed by atoms with van der Waals surface area (Å²) >= 11 is 6.15. The van der Waals surface area contributed by atoms with Crippen LogP contribution in [0.2, 0.25) is 5.02 Å². The van der Waals surface area contributed by atoms with E-state index in [2.05, 4.69) is 58.0 Å². The molecular weight excluding hydrogens is 306 g/mol. The van der Waals surface area contributed by atoms with Crippen LogP contribution in [0, 0.1) is 0 Å². The molecule has 1 aliphatic heterocycles. The Hall–Kier alpha value is -1.29. The quantitative estimate of drug-likeness (QED) is 0.624. The van der Waals surface area contributed by atoms with E-state index in [0.29, 0.717) is 0 Å². The average Bonchev–Trinajstić information content (AvgIpc) is 2.92. The van der Waals surface area contributed by atoms with Gasteiger partial charge < -0.3 is 9.31 Å². The van der Waals surface area contributed by atoms with Gasteiger partial charge in [-0.25, -0.2) is 0 Å². The van der Waals surface area contributed by atoms with E-state index in [4.69, 9.17) is 20.9 Å². The van der Waals surface area contributed by atoms with Crippen LogP contribution >= 0.6 is 11.6 Å². The second kappa shape index (κ2) is 4.86. The molecule has 1 heterocycles. The highest BCUT2D eigenvalue weighted by Crippen LogP contribution is 2.39. The van der Waals surface area contributed by atoms with Gasteiger partial charge in [0.05, 0.1) is 11.2 Å². The first-order valence-corrected chi connectivity index (χ1v) is 8.42. The summed E-state index contributed by atoms with van der Waals surface area (Å²) in [5.41, 5.74) is 5.61. The molecule has 0 bridgehead atoms. The molecule has 0 unspecified atom stereocenters. The van der Waals surface area contributed by atoms with Crippen molar-refractivity contribution in [1.82, 2.24) is 0 Å². The summed E-state index contributed by atoms with van der Waals surface area (Å²) in [6, 6.07) is 12.6. The van der Waals surface area contributed by atoms with Crippen LogP contribution in [-0.2, 0) is 15.7 Å². The van der Waals surface area contributed by atoms with Crippen LogP contribution in [-0.4, -0.2) is 18.3 Å². The SMILES string of the molecule is CC1(C)OB(c2ccc3c(c2)Cc2ccc(Cl)cc2-3)OC1(C)C. The molecule has 118 valence electrons. The maximum atomic E-state index is 6.16. The van der Waals surface area contributed by atoms with Gasteiger partial charge in [-0.3, -0.25) is 0 Å². The fourth-order valence-electron chi connectivity index (χ4n) is 3.31. The summed E-state index contributed by atoms with van der Waals surface area (Å²) in [4.78, 5) is 0. The summed E-state index contributed by atoms with van der Waals surface area (Å²) in [6.07, 6.45) is 0.940. The number of hydrogen-bond acceptors (Lipinski definition) is 2. The monoisotopic (exact) mass is 326 g/mol. The molecule has 0 saturated carbocycles. The predicted octanol–water partition coefficient (Wildman–Crippen LogP) is 4.21. The third kappa shape index (κ3) is 2.34. The molecule has 0 spiro atoms. The molecule has 2 aromatic carbocycles. The van der Waals surface area contributed by atoms with Crippen molar-refractivity contribution in [3.05, 3.63) is 52.5 Å². The first kappa shape index (κ1) is 15.3. The Morgan fingerprint density at radius 3 is 2.26 bits per heavy atom. The maximum Gasteiger partial charge on any atom is 0.494 e. The Morgan fingerprint density at radius 2 is 1.57 bits per heavy atom.